The van der Waals surface area contributed by atoms with Crippen LogP contribution in [-0.2, 0) is 0 Å². The Balaban J connectivity index is 1.09. The molecule has 244 valence electrons. The number of aromatic nitrogens is 2. The molecule has 0 fully saturated rings. The number of nitrogens with zero attached hydrogens (tertiary/aromatic N) is 2. The number of furan rings is 1. The van der Waals surface area contributed by atoms with Crippen molar-refractivity contribution >= 4 is 38.3 Å². The van der Waals surface area contributed by atoms with Crippen LogP contribution in [0, 0.1) is 0 Å². The first-order chi connectivity index (χ1) is 25.8. The van der Waals surface area contributed by atoms with Gasteiger partial charge in [-0.05, 0) is 69.5 Å². The molecule has 3 nitrogen and oxygen atoms in total. The highest BCUT2D eigenvalue weighted by molar-refractivity contribution is 6.21. The van der Waals surface area contributed by atoms with Crippen LogP contribution in [-0.4, -0.2) is 9.97 Å². The lowest BCUT2D eigenvalue weighted by Gasteiger charge is -2.11. The number of hydrogen-bond acceptors (Lipinski definition) is 3. The summed E-state index contributed by atoms with van der Waals surface area (Å²) in [5.74, 6) is 0.701. The molecule has 7 aromatic carbocycles. The summed E-state index contributed by atoms with van der Waals surface area (Å²) >= 11 is 0. The molecule has 10 rings (SSSR count). The van der Waals surface area contributed by atoms with Crippen LogP contribution >= 0.6 is 0 Å². The van der Waals surface area contributed by atoms with Gasteiger partial charge in [-0.2, -0.15) is 0 Å². The highest BCUT2D eigenvalue weighted by Crippen LogP contribution is 2.43. The average molecular weight is 665 g/mol. The van der Waals surface area contributed by atoms with Crippen LogP contribution in [0.5, 0.6) is 0 Å². The highest BCUT2D eigenvalue weighted by Gasteiger charge is 2.19. The molecule has 0 amide bonds. The second-order valence-corrected chi connectivity index (χ2v) is 13.3. The summed E-state index contributed by atoms with van der Waals surface area (Å²) in [5, 5.41) is 4.64. The van der Waals surface area contributed by atoms with Gasteiger partial charge < -0.3 is 4.42 Å². The molecule has 52 heavy (non-hydrogen) atoms. The zero-order chi connectivity index (χ0) is 34.4. The molecule has 0 saturated heterocycles. The minimum atomic E-state index is 0.701. The van der Waals surface area contributed by atoms with Gasteiger partial charge in [0.25, 0.3) is 0 Å². The van der Waals surface area contributed by atoms with Gasteiger partial charge >= 0.3 is 0 Å². The normalized spacial score (nSPS) is 12.6. The first kappa shape index (κ1) is 30.0. The zero-order valence-electron chi connectivity index (χ0n) is 28.3. The predicted octanol–water partition coefficient (Wildman–Crippen LogP) is 13.2. The van der Waals surface area contributed by atoms with Gasteiger partial charge in [-0.1, -0.05) is 158 Å². The average Bonchev–Trinajstić information content (AvgIpc) is 3.90. The molecule has 2 aromatic heterocycles. The molecular formula is C49H32N2O. The van der Waals surface area contributed by atoms with Crippen LogP contribution in [0.1, 0.15) is 12.0 Å². The Morgan fingerprint density at radius 3 is 1.87 bits per heavy atom. The number of hydrogen-bond donors (Lipinski definition) is 0. The monoisotopic (exact) mass is 664 g/mol. The first-order valence-corrected chi connectivity index (χ1v) is 17.7. The zero-order valence-corrected chi connectivity index (χ0v) is 28.3. The topological polar surface area (TPSA) is 38.9 Å². The molecule has 0 bridgehead atoms. The Morgan fingerprint density at radius 2 is 1.10 bits per heavy atom. The summed E-state index contributed by atoms with van der Waals surface area (Å²) < 4.78 is 6.63. The number of allylic oxidation sites excluding steroid dienone is 4. The number of benzene rings is 7. The minimum absolute atomic E-state index is 0.701. The van der Waals surface area contributed by atoms with E-state index in [1.165, 1.54) is 22.1 Å². The maximum atomic E-state index is 6.63. The van der Waals surface area contributed by atoms with Gasteiger partial charge in [-0.3, -0.25) is 0 Å². The second-order valence-electron chi connectivity index (χ2n) is 13.3. The molecule has 0 N–H and O–H groups in total. The molecule has 1 aliphatic rings. The molecule has 0 saturated carbocycles. The summed E-state index contributed by atoms with van der Waals surface area (Å²) in [5.41, 5.74) is 13.9. The van der Waals surface area contributed by atoms with Crippen LogP contribution in [0.25, 0.3) is 94.4 Å². The fourth-order valence-electron chi connectivity index (χ4n) is 7.57. The van der Waals surface area contributed by atoms with Crippen LogP contribution in [0.15, 0.2) is 186 Å². The van der Waals surface area contributed by atoms with Crippen molar-refractivity contribution in [3.8, 4) is 56.2 Å². The molecule has 0 radical (unpaired) electrons. The van der Waals surface area contributed by atoms with Crippen molar-refractivity contribution < 1.29 is 4.42 Å². The maximum Gasteiger partial charge on any atom is 0.160 e. The highest BCUT2D eigenvalue weighted by atomic mass is 16.3. The third kappa shape index (κ3) is 5.23. The maximum absolute atomic E-state index is 6.63. The van der Waals surface area contributed by atoms with E-state index in [2.05, 4.69) is 158 Å². The summed E-state index contributed by atoms with van der Waals surface area (Å²) in [6, 6.07) is 57.4. The van der Waals surface area contributed by atoms with Crippen molar-refractivity contribution in [2.24, 2.45) is 0 Å². The second kappa shape index (κ2) is 12.5. The Morgan fingerprint density at radius 1 is 0.442 bits per heavy atom. The van der Waals surface area contributed by atoms with Crippen LogP contribution < -0.4 is 0 Å². The number of fused-ring (bicyclic) bond motifs is 5. The van der Waals surface area contributed by atoms with Crippen molar-refractivity contribution in [2.45, 2.75) is 6.42 Å². The van der Waals surface area contributed by atoms with Gasteiger partial charge in [0.15, 0.2) is 5.82 Å². The third-order valence-corrected chi connectivity index (χ3v) is 10.1. The lowest BCUT2D eigenvalue weighted by Crippen LogP contribution is -1.96. The van der Waals surface area contributed by atoms with Crippen molar-refractivity contribution in [1.29, 1.82) is 0 Å². The lowest BCUT2D eigenvalue weighted by atomic mass is 9.92. The molecule has 1 aliphatic carbocycles. The van der Waals surface area contributed by atoms with E-state index < -0.39 is 0 Å². The molecular weight excluding hydrogens is 633 g/mol. The van der Waals surface area contributed by atoms with E-state index in [1.807, 2.05) is 24.3 Å². The molecule has 0 unspecified atom stereocenters. The van der Waals surface area contributed by atoms with Gasteiger partial charge in [0.1, 0.15) is 11.2 Å². The van der Waals surface area contributed by atoms with Crippen LogP contribution in [0.4, 0.5) is 0 Å². The van der Waals surface area contributed by atoms with Crippen LogP contribution in [0.2, 0.25) is 0 Å². The van der Waals surface area contributed by atoms with E-state index in [-0.39, 0.29) is 0 Å². The van der Waals surface area contributed by atoms with E-state index in [9.17, 15) is 0 Å². The Bertz CT molecular complexity index is 2850. The largest absolute Gasteiger partial charge is 0.455 e. The van der Waals surface area contributed by atoms with Gasteiger partial charge in [-0.15, -0.1) is 0 Å². The van der Waals surface area contributed by atoms with E-state index in [0.717, 1.165) is 78.5 Å². The Labute approximate surface area is 301 Å². The summed E-state index contributed by atoms with van der Waals surface area (Å²) in [6.07, 6.45) is 7.55. The van der Waals surface area contributed by atoms with E-state index >= 15 is 0 Å². The van der Waals surface area contributed by atoms with Gasteiger partial charge in [0.2, 0.25) is 0 Å². The van der Waals surface area contributed by atoms with Crippen LogP contribution in [0.3, 0.4) is 0 Å². The first-order valence-electron chi connectivity index (χ1n) is 17.7. The summed E-state index contributed by atoms with van der Waals surface area (Å²) in [6.45, 7) is 0. The molecule has 9 aromatic rings. The minimum Gasteiger partial charge on any atom is -0.455 e. The Kier molecular flexibility index (Phi) is 7.21. The fourth-order valence-corrected chi connectivity index (χ4v) is 7.57. The van der Waals surface area contributed by atoms with Crippen molar-refractivity contribution in [2.75, 3.05) is 0 Å². The molecule has 3 heteroatoms. The van der Waals surface area contributed by atoms with Crippen molar-refractivity contribution in [1.82, 2.24) is 9.97 Å². The Hall–Kier alpha value is -6.84. The van der Waals surface area contributed by atoms with Gasteiger partial charge in [0.05, 0.1) is 11.4 Å². The molecule has 2 heterocycles. The molecule has 0 atom stereocenters. The molecule has 0 spiro atoms. The van der Waals surface area contributed by atoms with Gasteiger partial charge in [-0.25, -0.2) is 9.97 Å². The standard InChI is InChI=1S/C49H32N2O/c1-3-13-32(14-4-1)37-19-11-20-38(29-37)45-31-44(50-49(51-45)36-17-5-2-6-18-36)35-27-25-34(26-28-35)39-23-12-24-46-47(39)43-30-42(33-15-7-8-16-33)40-21-9-10-22-41(40)48(43)52-46/h1-15,17-31H,16H2. The molecule has 0 aliphatic heterocycles. The van der Waals surface area contributed by atoms with Gasteiger partial charge in [0, 0.05) is 32.8 Å². The predicted molar refractivity (Wildman–Crippen MR) is 216 cm³/mol. The van der Waals surface area contributed by atoms with Crippen molar-refractivity contribution in [3.05, 3.63) is 188 Å². The smallest absolute Gasteiger partial charge is 0.160 e. The van der Waals surface area contributed by atoms with E-state index in [4.69, 9.17) is 14.4 Å². The van der Waals surface area contributed by atoms with Crippen molar-refractivity contribution in [3.63, 3.8) is 0 Å². The lowest BCUT2D eigenvalue weighted by molar-refractivity contribution is 0.672. The van der Waals surface area contributed by atoms with E-state index in [0.29, 0.717) is 5.82 Å². The third-order valence-electron chi connectivity index (χ3n) is 10.1. The SMILES string of the molecule is C1=CCC(c2cc3c(oc4cccc(-c5ccc(-c6cc(-c7cccc(-c8ccccc8)c7)nc(-c7ccccc7)n6)cc5)c43)c3ccccc23)=C1. The number of rotatable bonds is 6. The quantitative estimate of drug-likeness (QED) is 0.178. The fraction of sp³-hybridized carbons (Fsp3) is 0.0204. The summed E-state index contributed by atoms with van der Waals surface area (Å²) in [7, 11) is 0. The van der Waals surface area contributed by atoms with E-state index in [1.54, 1.807) is 0 Å². The summed E-state index contributed by atoms with van der Waals surface area (Å²) in [4.78, 5) is 10.2.